The maximum Gasteiger partial charge on any atom is 0.157 e. The Morgan fingerprint density at radius 3 is 2.69 bits per heavy atom. The lowest BCUT2D eigenvalue weighted by Gasteiger charge is -2.45. The molecular weight excluding hydrogens is 392 g/mol. The van der Waals surface area contributed by atoms with Gasteiger partial charge in [0.15, 0.2) is 5.82 Å². The fourth-order valence-corrected chi connectivity index (χ4v) is 4.96. The van der Waals surface area contributed by atoms with E-state index in [1.165, 1.54) is 5.56 Å². The maximum absolute atomic E-state index is 13.0. The normalized spacial score (nSPS) is 24.3. The summed E-state index contributed by atoms with van der Waals surface area (Å²) < 4.78 is 2.87. The molecule has 26 heavy (non-hydrogen) atoms. The molecule has 0 radical (unpaired) electrons. The van der Waals surface area contributed by atoms with Crippen molar-refractivity contribution in [1.82, 2.24) is 14.6 Å². The van der Waals surface area contributed by atoms with Crippen molar-refractivity contribution in [2.24, 2.45) is 10.8 Å². The molecule has 1 fully saturated rings. The second-order valence-electron chi connectivity index (χ2n) is 8.83. The molecule has 2 aromatic heterocycles. The highest BCUT2D eigenvalue weighted by molar-refractivity contribution is 9.10. The molecule has 1 saturated heterocycles. The summed E-state index contributed by atoms with van der Waals surface area (Å²) in [6, 6.07) is 2.37. The number of Topliss-reactive ketones (excluding diaryl/α,β-unsaturated/α-hetero) is 1. The summed E-state index contributed by atoms with van der Waals surface area (Å²) in [4.78, 5) is 20.0. The Hall–Kier alpha value is -1.43. The van der Waals surface area contributed by atoms with Crippen molar-refractivity contribution in [2.45, 2.75) is 66.8 Å². The highest BCUT2D eigenvalue weighted by Gasteiger charge is 2.44. The van der Waals surface area contributed by atoms with E-state index in [-0.39, 0.29) is 16.9 Å². The average molecular weight is 421 g/mol. The van der Waals surface area contributed by atoms with E-state index in [0.717, 1.165) is 41.7 Å². The monoisotopic (exact) mass is 420 g/mol. The molecule has 0 N–H and O–H groups in total. The number of hydrogen-bond donors (Lipinski definition) is 0. The number of aryl methyl sites for hydroxylation is 1. The average Bonchev–Trinajstić information content (AvgIpc) is 2.90. The fraction of sp³-hybridized carbons (Fsp3) is 0.650. The van der Waals surface area contributed by atoms with E-state index < -0.39 is 0 Å². The first-order chi connectivity index (χ1) is 12.1. The first-order valence-corrected chi connectivity index (χ1v) is 10.2. The largest absolute Gasteiger partial charge is 0.352 e. The van der Waals surface area contributed by atoms with Crippen molar-refractivity contribution in [2.75, 3.05) is 11.4 Å². The topological polar surface area (TPSA) is 50.5 Å². The summed E-state index contributed by atoms with van der Waals surface area (Å²) in [7, 11) is 0. The van der Waals surface area contributed by atoms with Crippen molar-refractivity contribution in [1.29, 1.82) is 0 Å². The van der Waals surface area contributed by atoms with Crippen LogP contribution in [-0.2, 0) is 11.2 Å². The lowest BCUT2D eigenvalue weighted by atomic mass is 9.67. The van der Waals surface area contributed by atoms with E-state index in [1.54, 1.807) is 6.33 Å². The molecule has 0 bridgehead atoms. The Bertz CT molecular complexity index is 838. The molecular formula is C20H29BrN4O. The Balaban J connectivity index is 1.96. The molecule has 2 atom stereocenters. The maximum atomic E-state index is 13.0. The number of nitrogens with zero attached hydrogens (tertiary/aromatic N) is 4. The molecule has 0 amide bonds. The van der Waals surface area contributed by atoms with Crippen molar-refractivity contribution >= 4 is 33.0 Å². The van der Waals surface area contributed by atoms with Gasteiger partial charge >= 0.3 is 0 Å². The minimum absolute atomic E-state index is 0.247. The number of anilines is 1. The van der Waals surface area contributed by atoms with Crippen LogP contribution in [0, 0.1) is 10.8 Å². The van der Waals surface area contributed by atoms with E-state index in [0.29, 0.717) is 5.78 Å². The number of hydrogen-bond acceptors (Lipinski definition) is 4. The number of rotatable bonds is 3. The van der Waals surface area contributed by atoms with Gasteiger partial charge in [0.25, 0.3) is 0 Å². The van der Waals surface area contributed by atoms with Gasteiger partial charge in [0.05, 0.1) is 0 Å². The molecule has 0 saturated carbocycles. The zero-order chi connectivity index (χ0) is 19.3. The van der Waals surface area contributed by atoms with Crippen LogP contribution in [0.2, 0.25) is 0 Å². The number of piperidine rings is 1. The van der Waals surface area contributed by atoms with Gasteiger partial charge in [-0.05, 0) is 53.7 Å². The van der Waals surface area contributed by atoms with Gasteiger partial charge in [-0.3, -0.25) is 4.79 Å². The number of fused-ring (bicyclic) bond motifs is 1. The van der Waals surface area contributed by atoms with Crippen molar-refractivity contribution in [3.63, 3.8) is 0 Å². The van der Waals surface area contributed by atoms with Crippen molar-refractivity contribution in [3.05, 3.63) is 22.6 Å². The molecule has 1 aliphatic rings. The van der Waals surface area contributed by atoms with Crippen LogP contribution >= 0.6 is 15.9 Å². The van der Waals surface area contributed by atoms with E-state index in [2.05, 4.69) is 57.8 Å². The number of aromatic nitrogens is 3. The molecule has 0 aliphatic carbocycles. The molecule has 5 nitrogen and oxygen atoms in total. The SMILES string of the molecule is CCc1cc(Br)n2ncnc(N3CCC(C)(C(=O)C(C)(C)C)C[C@@H]3C)c12. The molecule has 0 aromatic carbocycles. The van der Waals surface area contributed by atoms with Gasteiger partial charge in [0.1, 0.15) is 22.2 Å². The lowest BCUT2D eigenvalue weighted by Crippen LogP contribution is -2.50. The summed E-state index contributed by atoms with van der Waals surface area (Å²) in [5.74, 6) is 1.34. The Morgan fingerprint density at radius 1 is 1.42 bits per heavy atom. The zero-order valence-electron chi connectivity index (χ0n) is 16.6. The minimum atomic E-state index is -0.305. The third-order valence-corrected chi connectivity index (χ3v) is 6.20. The third kappa shape index (κ3) is 3.17. The van der Waals surface area contributed by atoms with E-state index in [1.807, 2.05) is 25.3 Å². The van der Waals surface area contributed by atoms with Gasteiger partial charge in [-0.1, -0.05) is 34.6 Å². The molecule has 0 spiro atoms. The predicted octanol–water partition coefficient (Wildman–Crippen LogP) is 4.66. The van der Waals surface area contributed by atoms with Gasteiger partial charge in [-0.25, -0.2) is 9.50 Å². The Labute approximate surface area is 164 Å². The zero-order valence-corrected chi connectivity index (χ0v) is 18.2. The highest BCUT2D eigenvalue weighted by Crippen LogP contribution is 2.42. The number of halogens is 1. The van der Waals surface area contributed by atoms with Crippen LogP contribution in [0.5, 0.6) is 0 Å². The molecule has 142 valence electrons. The number of carbonyl (C=O) groups excluding carboxylic acids is 1. The number of ketones is 1. The van der Waals surface area contributed by atoms with Crippen LogP contribution in [-0.4, -0.2) is 33.0 Å². The number of carbonyl (C=O) groups is 1. The van der Waals surface area contributed by atoms with Gasteiger partial charge in [0.2, 0.25) is 0 Å². The third-order valence-electron chi connectivity index (χ3n) is 5.64. The highest BCUT2D eigenvalue weighted by atomic mass is 79.9. The summed E-state index contributed by atoms with van der Waals surface area (Å²) in [5, 5.41) is 4.40. The van der Waals surface area contributed by atoms with E-state index >= 15 is 0 Å². The molecule has 3 rings (SSSR count). The van der Waals surface area contributed by atoms with Crippen molar-refractivity contribution in [3.8, 4) is 0 Å². The van der Waals surface area contributed by atoms with Crippen LogP contribution in [0.3, 0.4) is 0 Å². The van der Waals surface area contributed by atoms with Gasteiger partial charge < -0.3 is 4.90 Å². The standard InChI is InChI=1S/C20H29BrN4O/c1-7-14-10-15(21)25-16(14)17(22-12-23-25)24-9-8-20(6,11-13(24)2)18(26)19(3,4)5/h10,12-13H,7-9,11H2,1-6H3/t13-,20?/m0/s1. The van der Waals surface area contributed by atoms with E-state index in [9.17, 15) is 4.79 Å². The van der Waals surface area contributed by atoms with Crippen LogP contribution in [0.1, 0.15) is 59.9 Å². The van der Waals surface area contributed by atoms with Crippen LogP contribution in [0.25, 0.3) is 5.52 Å². The van der Waals surface area contributed by atoms with Crippen molar-refractivity contribution < 1.29 is 4.79 Å². The van der Waals surface area contributed by atoms with Gasteiger partial charge in [-0.15, -0.1) is 0 Å². The molecule has 1 aliphatic heterocycles. The lowest BCUT2D eigenvalue weighted by molar-refractivity contribution is -0.137. The molecule has 1 unspecified atom stereocenters. The second-order valence-corrected chi connectivity index (χ2v) is 9.64. The quantitative estimate of drug-likeness (QED) is 0.723. The first kappa shape index (κ1) is 19.3. The molecule has 2 aromatic rings. The summed E-state index contributed by atoms with van der Waals surface area (Å²) in [6.45, 7) is 13.4. The second kappa shape index (κ2) is 6.63. The minimum Gasteiger partial charge on any atom is -0.352 e. The predicted molar refractivity (Wildman–Crippen MR) is 109 cm³/mol. The summed E-state index contributed by atoms with van der Waals surface area (Å²) in [6.07, 6.45) is 4.25. The fourth-order valence-electron chi connectivity index (χ4n) is 4.42. The molecule has 6 heteroatoms. The van der Waals surface area contributed by atoms with Crippen LogP contribution < -0.4 is 4.90 Å². The summed E-state index contributed by atoms with van der Waals surface area (Å²) in [5.41, 5.74) is 1.73. The Kier molecular flexibility index (Phi) is 4.93. The smallest absolute Gasteiger partial charge is 0.157 e. The Morgan fingerprint density at radius 2 is 2.12 bits per heavy atom. The van der Waals surface area contributed by atoms with Gasteiger partial charge in [0, 0.05) is 23.4 Å². The molecule has 3 heterocycles. The van der Waals surface area contributed by atoms with E-state index in [4.69, 9.17) is 0 Å². The first-order valence-electron chi connectivity index (χ1n) is 9.41. The van der Waals surface area contributed by atoms with Gasteiger partial charge in [-0.2, -0.15) is 5.10 Å². The van der Waals surface area contributed by atoms with Crippen LogP contribution in [0.4, 0.5) is 5.82 Å². The summed E-state index contributed by atoms with van der Waals surface area (Å²) >= 11 is 3.60. The van der Waals surface area contributed by atoms with Crippen LogP contribution in [0.15, 0.2) is 17.0 Å².